The molecule has 1 amide bonds. The fourth-order valence-corrected chi connectivity index (χ4v) is 3.92. The number of amides is 1. The molecule has 1 saturated heterocycles. The summed E-state index contributed by atoms with van der Waals surface area (Å²) >= 11 is 1.53. The fourth-order valence-electron chi connectivity index (χ4n) is 3.09. The van der Waals surface area contributed by atoms with E-state index in [-0.39, 0.29) is 11.8 Å². The van der Waals surface area contributed by atoms with Gasteiger partial charge in [0.25, 0.3) is 11.8 Å². The van der Waals surface area contributed by atoms with Gasteiger partial charge in [-0.3, -0.25) is 9.78 Å². The van der Waals surface area contributed by atoms with Gasteiger partial charge in [-0.1, -0.05) is 5.16 Å². The summed E-state index contributed by atoms with van der Waals surface area (Å²) in [6.07, 6.45) is 5.16. The zero-order valence-electron chi connectivity index (χ0n) is 14.7. The number of aryl methyl sites for hydroxylation is 2. The molecule has 0 saturated carbocycles. The molecule has 0 aliphatic carbocycles. The number of thiophene rings is 1. The molecule has 4 heterocycles. The van der Waals surface area contributed by atoms with Crippen LogP contribution >= 0.6 is 11.3 Å². The maximum Gasteiger partial charge on any atom is 0.278 e. The zero-order chi connectivity index (χ0) is 18.1. The van der Waals surface area contributed by atoms with Crippen molar-refractivity contribution in [2.24, 2.45) is 0 Å². The third-order valence-electron chi connectivity index (χ3n) is 4.47. The highest BCUT2D eigenvalue weighted by Crippen LogP contribution is 2.28. The van der Waals surface area contributed by atoms with Gasteiger partial charge in [-0.2, -0.15) is 4.98 Å². The molecule has 1 aliphatic heterocycles. The molecule has 7 nitrogen and oxygen atoms in total. The average Bonchev–Trinajstić information content (AvgIpc) is 3.31. The maximum atomic E-state index is 12.7. The molecule has 1 unspecified atom stereocenters. The standard InChI is InChI=1S/C18H19N5O2S/c1-11-8-20-14(9-19-11)17-21-16(22-25-17)13-4-3-7-23(10-13)18(24)15-6-5-12(2)26-15/h5-6,8-9,13H,3-4,7,10H2,1-2H3. The van der Waals surface area contributed by atoms with Crippen LogP contribution in [-0.2, 0) is 0 Å². The number of likely N-dealkylation sites (tertiary alicyclic amines) is 1. The minimum atomic E-state index is 0.0738. The lowest BCUT2D eigenvalue weighted by molar-refractivity contribution is 0.0708. The maximum absolute atomic E-state index is 12.7. The van der Waals surface area contributed by atoms with E-state index in [9.17, 15) is 4.79 Å². The molecular formula is C18H19N5O2S. The van der Waals surface area contributed by atoms with Gasteiger partial charge in [-0.15, -0.1) is 11.3 Å². The van der Waals surface area contributed by atoms with Gasteiger partial charge in [0, 0.05) is 30.1 Å². The summed E-state index contributed by atoms with van der Waals surface area (Å²) in [4.78, 5) is 29.5. The predicted octanol–water partition coefficient (Wildman–Crippen LogP) is 3.22. The van der Waals surface area contributed by atoms with Gasteiger partial charge in [-0.05, 0) is 38.8 Å². The van der Waals surface area contributed by atoms with Gasteiger partial charge in [0.05, 0.1) is 16.8 Å². The van der Waals surface area contributed by atoms with E-state index in [4.69, 9.17) is 4.52 Å². The van der Waals surface area contributed by atoms with Crippen LogP contribution in [0.15, 0.2) is 29.0 Å². The van der Waals surface area contributed by atoms with Crippen LogP contribution < -0.4 is 0 Å². The summed E-state index contributed by atoms with van der Waals surface area (Å²) in [6, 6.07) is 3.88. The Bertz CT molecular complexity index is 918. The van der Waals surface area contributed by atoms with Crippen LogP contribution in [0.4, 0.5) is 0 Å². The van der Waals surface area contributed by atoms with Crippen molar-refractivity contribution >= 4 is 17.2 Å². The van der Waals surface area contributed by atoms with Crippen LogP contribution in [0.5, 0.6) is 0 Å². The van der Waals surface area contributed by atoms with Gasteiger partial charge in [0.2, 0.25) is 0 Å². The average molecular weight is 369 g/mol. The van der Waals surface area contributed by atoms with Gasteiger partial charge >= 0.3 is 0 Å². The van der Waals surface area contributed by atoms with E-state index in [1.807, 2.05) is 30.9 Å². The van der Waals surface area contributed by atoms with Crippen molar-refractivity contribution < 1.29 is 9.32 Å². The SMILES string of the molecule is Cc1cnc(-c2nc(C3CCCN(C(=O)c4ccc(C)s4)C3)no2)cn1. The van der Waals surface area contributed by atoms with E-state index < -0.39 is 0 Å². The van der Waals surface area contributed by atoms with Gasteiger partial charge in [0.1, 0.15) is 5.69 Å². The number of aromatic nitrogens is 4. The normalized spacial score (nSPS) is 17.5. The molecule has 4 rings (SSSR count). The second-order valence-corrected chi connectivity index (χ2v) is 7.79. The van der Waals surface area contributed by atoms with Crippen LogP contribution in [0, 0.1) is 13.8 Å². The van der Waals surface area contributed by atoms with Crippen molar-refractivity contribution in [2.45, 2.75) is 32.6 Å². The second-order valence-electron chi connectivity index (χ2n) is 6.50. The summed E-state index contributed by atoms with van der Waals surface area (Å²) in [6.45, 7) is 5.25. The first-order chi connectivity index (χ1) is 12.6. The smallest absolute Gasteiger partial charge is 0.278 e. The summed E-state index contributed by atoms with van der Waals surface area (Å²) in [5.41, 5.74) is 1.39. The highest BCUT2D eigenvalue weighted by atomic mass is 32.1. The van der Waals surface area contributed by atoms with E-state index in [0.29, 0.717) is 24.0 Å². The molecule has 134 valence electrons. The number of nitrogens with zero attached hydrogens (tertiary/aromatic N) is 5. The van der Waals surface area contributed by atoms with Crippen molar-refractivity contribution in [2.75, 3.05) is 13.1 Å². The third kappa shape index (κ3) is 3.37. The molecular weight excluding hydrogens is 350 g/mol. The Labute approximate surface area is 155 Å². The highest BCUT2D eigenvalue weighted by Gasteiger charge is 2.29. The first kappa shape index (κ1) is 16.8. The Morgan fingerprint density at radius 3 is 2.88 bits per heavy atom. The zero-order valence-corrected chi connectivity index (χ0v) is 15.5. The lowest BCUT2D eigenvalue weighted by atomic mass is 9.97. The Hall–Kier alpha value is -2.61. The van der Waals surface area contributed by atoms with E-state index in [1.165, 1.54) is 11.3 Å². The van der Waals surface area contributed by atoms with Crippen molar-refractivity contribution in [3.8, 4) is 11.6 Å². The van der Waals surface area contributed by atoms with Crippen LogP contribution in [0.25, 0.3) is 11.6 Å². The fraction of sp³-hybridized carbons (Fsp3) is 0.389. The predicted molar refractivity (Wildman–Crippen MR) is 97.0 cm³/mol. The Morgan fingerprint density at radius 1 is 1.27 bits per heavy atom. The van der Waals surface area contributed by atoms with Crippen LogP contribution in [-0.4, -0.2) is 44.0 Å². The molecule has 0 spiro atoms. The van der Waals surface area contributed by atoms with Crippen LogP contribution in [0.2, 0.25) is 0 Å². The number of carbonyl (C=O) groups is 1. The molecule has 0 aromatic carbocycles. The van der Waals surface area contributed by atoms with E-state index >= 15 is 0 Å². The quantitative estimate of drug-likeness (QED) is 0.705. The van der Waals surface area contributed by atoms with E-state index in [2.05, 4.69) is 20.1 Å². The molecule has 0 bridgehead atoms. The number of hydrogen-bond donors (Lipinski definition) is 0. The Morgan fingerprint density at radius 2 is 2.15 bits per heavy atom. The van der Waals surface area contributed by atoms with Crippen molar-refractivity contribution in [1.82, 2.24) is 25.0 Å². The number of carbonyl (C=O) groups excluding carboxylic acids is 1. The summed E-state index contributed by atoms with van der Waals surface area (Å²) in [5.74, 6) is 1.15. The number of hydrogen-bond acceptors (Lipinski definition) is 7. The minimum Gasteiger partial charge on any atom is -0.337 e. The summed E-state index contributed by atoms with van der Waals surface area (Å²) in [5, 5.41) is 4.12. The molecule has 0 radical (unpaired) electrons. The molecule has 1 aliphatic rings. The minimum absolute atomic E-state index is 0.0738. The lowest BCUT2D eigenvalue weighted by Crippen LogP contribution is -2.39. The number of rotatable bonds is 3. The van der Waals surface area contributed by atoms with E-state index in [1.54, 1.807) is 12.4 Å². The molecule has 8 heteroatoms. The first-order valence-corrected chi connectivity index (χ1v) is 9.40. The number of piperidine rings is 1. The van der Waals surface area contributed by atoms with Crippen molar-refractivity contribution in [1.29, 1.82) is 0 Å². The van der Waals surface area contributed by atoms with Gasteiger partial charge < -0.3 is 9.42 Å². The van der Waals surface area contributed by atoms with Crippen LogP contribution in [0.1, 0.15) is 44.8 Å². The largest absolute Gasteiger partial charge is 0.337 e. The molecule has 1 atom stereocenters. The van der Waals surface area contributed by atoms with Gasteiger partial charge in [-0.25, -0.2) is 4.98 Å². The van der Waals surface area contributed by atoms with Gasteiger partial charge in [0.15, 0.2) is 5.82 Å². The van der Waals surface area contributed by atoms with Crippen molar-refractivity contribution in [3.63, 3.8) is 0 Å². The highest BCUT2D eigenvalue weighted by molar-refractivity contribution is 7.13. The Kier molecular flexibility index (Phi) is 4.50. The lowest BCUT2D eigenvalue weighted by Gasteiger charge is -2.30. The summed E-state index contributed by atoms with van der Waals surface area (Å²) < 4.78 is 5.36. The third-order valence-corrected chi connectivity index (χ3v) is 5.46. The molecule has 1 fully saturated rings. The molecule has 3 aromatic rings. The summed E-state index contributed by atoms with van der Waals surface area (Å²) in [7, 11) is 0. The molecule has 26 heavy (non-hydrogen) atoms. The first-order valence-electron chi connectivity index (χ1n) is 8.58. The molecule has 0 N–H and O–H groups in total. The van der Waals surface area contributed by atoms with E-state index in [0.717, 1.165) is 34.8 Å². The monoisotopic (exact) mass is 369 g/mol. The molecule has 3 aromatic heterocycles. The topological polar surface area (TPSA) is 85.0 Å². The van der Waals surface area contributed by atoms with Crippen LogP contribution in [0.3, 0.4) is 0 Å². The van der Waals surface area contributed by atoms with Crippen molar-refractivity contribution in [3.05, 3.63) is 45.8 Å². The second kappa shape index (κ2) is 6.95. The Balaban J connectivity index is 1.49.